The molecule has 4 N–H and O–H groups in total. The summed E-state index contributed by atoms with van der Waals surface area (Å²) in [6.45, 7) is 18.3. The van der Waals surface area contributed by atoms with Gasteiger partial charge in [0.1, 0.15) is 23.9 Å². The Labute approximate surface area is 299 Å². The molecule has 19 atom stereocenters. The van der Waals surface area contributed by atoms with Crippen LogP contribution in [-0.2, 0) is 38.0 Å². The predicted molar refractivity (Wildman–Crippen MR) is 184 cm³/mol. The quantitative estimate of drug-likeness (QED) is 0.258. The largest absolute Gasteiger partial charge is 0.459 e. The molecule has 13 nitrogen and oxygen atoms in total. The number of carbonyl (C=O) groups excluding carboxylic acids is 1. The first kappa shape index (κ1) is 41.8. The lowest BCUT2D eigenvalue weighted by Crippen LogP contribution is -2.60. The summed E-state index contributed by atoms with van der Waals surface area (Å²) >= 11 is 0. The molecule has 50 heavy (non-hydrogen) atoms. The second-order valence-corrected chi connectivity index (χ2v) is 16.8. The Bertz CT molecular complexity index is 1140. The topological polar surface area (TPSA) is 166 Å². The van der Waals surface area contributed by atoms with E-state index in [2.05, 4.69) is 6.92 Å². The Morgan fingerprint density at radius 3 is 2.24 bits per heavy atom. The average Bonchev–Trinajstić information content (AvgIpc) is 3.36. The molecule has 4 heterocycles. The fourth-order valence-corrected chi connectivity index (χ4v) is 9.20. The van der Waals surface area contributed by atoms with Gasteiger partial charge in [-0.2, -0.15) is 0 Å². The van der Waals surface area contributed by atoms with Crippen LogP contribution in [0.2, 0.25) is 0 Å². The first-order chi connectivity index (χ1) is 23.1. The van der Waals surface area contributed by atoms with Crippen LogP contribution < -0.4 is 0 Å². The van der Waals surface area contributed by atoms with Gasteiger partial charge in [0, 0.05) is 31.4 Å². The Kier molecular flexibility index (Phi) is 13.2. The fourth-order valence-electron chi connectivity index (χ4n) is 9.20. The van der Waals surface area contributed by atoms with E-state index in [0.717, 1.165) is 0 Å². The summed E-state index contributed by atoms with van der Waals surface area (Å²) in [6, 6.07) is -0.213. The molecule has 292 valence electrons. The van der Waals surface area contributed by atoms with E-state index in [0.29, 0.717) is 12.8 Å². The van der Waals surface area contributed by atoms with Crippen molar-refractivity contribution in [3.05, 3.63) is 0 Å². The van der Waals surface area contributed by atoms with Crippen LogP contribution >= 0.6 is 0 Å². The van der Waals surface area contributed by atoms with E-state index >= 15 is 0 Å². The second kappa shape index (κ2) is 15.8. The Hall–Kier alpha value is -0.970. The highest BCUT2D eigenvalue weighted by Gasteiger charge is 2.59. The highest BCUT2D eigenvalue weighted by Crippen LogP contribution is 2.48. The molecule has 0 aliphatic carbocycles. The van der Waals surface area contributed by atoms with Crippen LogP contribution in [0.3, 0.4) is 0 Å². The maximum Gasteiger partial charge on any atom is 0.311 e. The molecule has 0 aromatic heterocycles. The maximum atomic E-state index is 14.3. The smallest absolute Gasteiger partial charge is 0.311 e. The first-order valence-corrected chi connectivity index (χ1v) is 18.6. The number of methoxy groups -OCH3 is 1. The zero-order chi connectivity index (χ0) is 37.7. The number of nitrogens with zero attached hydrogens (tertiary/aromatic N) is 1. The van der Waals surface area contributed by atoms with Gasteiger partial charge in [0.25, 0.3) is 0 Å². The molecule has 0 aromatic carbocycles. The van der Waals surface area contributed by atoms with Crippen molar-refractivity contribution in [2.24, 2.45) is 23.7 Å². The minimum Gasteiger partial charge on any atom is -0.459 e. The van der Waals surface area contributed by atoms with Crippen molar-refractivity contribution in [1.29, 1.82) is 0 Å². The number of cyclic esters (lactones) is 1. The zero-order valence-electron chi connectivity index (χ0n) is 32.6. The Morgan fingerprint density at radius 1 is 1.02 bits per heavy atom. The van der Waals surface area contributed by atoms with E-state index in [1.54, 1.807) is 27.7 Å². The van der Waals surface area contributed by atoms with Crippen LogP contribution in [0.5, 0.6) is 0 Å². The molecule has 0 saturated carbocycles. The van der Waals surface area contributed by atoms with Crippen molar-refractivity contribution in [3.63, 3.8) is 0 Å². The molecule has 0 aromatic rings. The number of aliphatic hydroxyl groups excluding tert-OH is 3. The number of esters is 1. The minimum absolute atomic E-state index is 0.0580. The highest BCUT2D eigenvalue weighted by atomic mass is 16.7. The van der Waals surface area contributed by atoms with Gasteiger partial charge in [-0.15, -0.1) is 0 Å². The molecule has 13 heteroatoms. The van der Waals surface area contributed by atoms with Crippen LogP contribution in [0.15, 0.2) is 0 Å². The summed E-state index contributed by atoms with van der Waals surface area (Å²) in [7, 11) is 5.37. The van der Waals surface area contributed by atoms with Gasteiger partial charge in [-0.1, -0.05) is 27.7 Å². The van der Waals surface area contributed by atoms with Crippen LogP contribution in [0.25, 0.3) is 0 Å². The number of carbonyl (C=O) groups is 1. The minimum atomic E-state index is -1.78. The summed E-state index contributed by atoms with van der Waals surface area (Å²) in [5.74, 6) is -2.67. The summed E-state index contributed by atoms with van der Waals surface area (Å²) < 4.78 is 45.1. The summed E-state index contributed by atoms with van der Waals surface area (Å²) in [5.41, 5.74) is -3.72. The molecule has 0 amide bonds. The van der Waals surface area contributed by atoms with E-state index in [9.17, 15) is 25.2 Å². The number of aliphatic hydroxyl groups is 4. The summed E-state index contributed by atoms with van der Waals surface area (Å²) in [6.07, 6.45) is -7.36. The molecular formula is C37H67NO12. The fraction of sp³-hybridized carbons (Fsp3) is 0.973. The number of rotatable bonds is 9. The second-order valence-electron chi connectivity index (χ2n) is 16.8. The lowest BCUT2D eigenvalue weighted by atomic mass is 9.76. The highest BCUT2D eigenvalue weighted by molar-refractivity contribution is 5.73. The van der Waals surface area contributed by atoms with Crippen LogP contribution in [0.1, 0.15) is 94.9 Å². The third-order valence-corrected chi connectivity index (χ3v) is 12.4. The lowest BCUT2D eigenvalue weighted by Gasteiger charge is -2.48. The molecule has 4 unspecified atom stereocenters. The third kappa shape index (κ3) is 8.08. The van der Waals surface area contributed by atoms with Crippen molar-refractivity contribution in [3.8, 4) is 0 Å². The van der Waals surface area contributed by atoms with Gasteiger partial charge in [0.2, 0.25) is 0 Å². The molecule has 4 fully saturated rings. The number of ether oxygens (including phenoxy) is 7. The van der Waals surface area contributed by atoms with Gasteiger partial charge in [-0.25, -0.2) is 0 Å². The van der Waals surface area contributed by atoms with E-state index in [-0.39, 0.29) is 30.9 Å². The van der Waals surface area contributed by atoms with Crippen molar-refractivity contribution < 1.29 is 58.4 Å². The van der Waals surface area contributed by atoms with Crippen molar-refractivity contribution in [2.45, 2.75) is 185 Å². The number of hydrogen-bond donors (Lipinski definition) is 4. The number of hydrogen-bond acceptors (Lipinski definition) is 13. The zero-order valence-corrected chi connectivity index (χ0v) is 32.6. The maximum absolute atomic E-state index is 14.3. The van der Waals surface area contributed by atoms with E-state index in [4.69, 9.17) is 33.2 Å². The third-order valence-electron chi connectivity index (χ3n) is 12.4. The number of likely N-dealkylation sites (N-methyl/N-ethyl adjacent to an activating group) is 1. The van der Waals surface area contributed by atoms with Gasteiger partial charge in [0.15, 0.2) is 12.6 Å². The van der Waals surface area contributed by atoms with E-state index in [1.807, 2.05) is 46.7 Å². The predicted octanol–water partition coefficient (Wildman–Crippen LogP) is 2.62. The van der Waals surface area contributed by atoms with Gasteiger partial charge >= 0.3 is 5.97 Å². The average molecular weight is 718 g/mol. The first-order valence-electron chi connectivity index (χ1n) is 18.6. The van der Waals surface area contributed by atoms with Crippen LogP contribution in [-0.4, -0.2) is 143 Å². The molecule has 0 radical (unpaired) electrons. The Balaban J connectivity index is 1.82. The number of fused-ring (bicyclic) bond motifs is 2. The summed E-state index contributed by atoms with van der Waals surface area (Å²) in [5, 5.41) is 45.2. The van der Waals surface area contributed by atoms with Gasteiger partial charge in [0.05, 0.1) is 53.7 Å². The van der Waals surface area contributed by atoms with E-state index < -0.39 is 102 Å². The normalized spacial score (nSPS) is 49.6. The van der Waals surface area contributed by atoms with Crippen molar-refractivity contribution in [1.82, 2.24) is 4.90 Å². The van der Waals surface area contributed by atoms with Gasteiger partial charge in [-0.3, -0.25) is 4.79 Å². The molecule has 2 bridgehead atoms. The van der Waals surface area contributed by atoms with Gasteiger partial charge < -0.3 is 58.5 Å². The van der Waals surface area contributed by atoms with Crippen molar-refractivity contribution in [2.75, 3.05) is 21.2 Å². The molecule has 4 aliphatic rings. The molecule has 4 rings (SSSR count). The molecule has 4 saturated heterocycles. The monoisotopic (exact) mass is 717 g/mol. The molecule has 4 aliphatic heterocycles. The standard InChI is InChI=1S/C37H67NO12/c1-14-25(39)37(10,43)32-20(4)28-18(2)16-36(9,50-28)31(49-34-27(40)24(38(11)12)15-19(3)45-34)21(5)29(22(6)33(42)48-32)47-26-17-35(8,44-13)30(41)23(7)46-26/h18-32,34,39-41,43H,14-17H2,1-13H3/t18?,19-,20+,21+,22-,23+,24+,25?,26+,27-,28?,29+,30+,31-,32-,34+,35-,36-,37?/m1/s1. The SMILES string of the molecule is CCC(O)C(C)(O)[C@@H]1OC(=O)[C@H](C)[C@@H](O[C@H]2C[C@@](C)(OC)[C@@H](O)[C@H](C)O2)[C@H](C)[C@@H](O[C@@H]2O[C@H](C)C[C@H](N(C)C)[C@H]2O)[C@@]2(C)CC(C)C(O2)[C@@H]1C. The Morgan fingerprint density at radius 2 is 1.66 bits per heavy atom. The van der Waals surface area contributed by atoms with Gasteiger partial charge in [-0.05, 0) is 80.8 Å². The van der Waals surface area contributed by atoms with Crippen molar-refractivity contribution >= 4 is 5.97 Å². The van der Waals surface area contributed by atoms with E-state index in [1.165, 1.54) is 14.0 Å². The van der Waals surface area contributed by atoms with Crippen LogP contribution in [0.4, 0.5) is 0 Å². The van der Waals surface area contributed by atoms with Crippen LogP contribution in [0, 0.1) is 23.7 Å². The summed E-state index contributed by atoms with van der Waals surface area (Å²) in [4.78, 5) is 16.3. The lowest BCUT2D eigenvalue weighted by molar-refractivity contribution is -0.318. The molecular weight excluding hydrogens is 650 g/mol. The molecule has 0 spiro atoms.